The van der Waals surface area contributed by atoms with E-state index in [2.05, 4.69) is 4.90 Å². The molecule has 0 unspecified atom stereocenters. The van der Waals surface area contributed by atoms with Gasteiger partial charge in [-0.1, -0.05) is 12.2 Å². The third kappa shape index (κ3) is 4.73. The van der Waals surface area contributed by atoms with Gasteiger partial charge in [0, 0.05) is 26.2 Å². The van der Waals surface area contributed by atoms with Gasteiger partial charge in [-0.2, -0.15) is 4.31 Å². The van der Waals surface area contributed by atoms with E-state index in [0.29, 0.717) is 18.1 Å². The minimum atomic E-state index is -3.02. The lowest BCUT2D eigenvalue weighted by Gasteiger charge is -2.33. The Labute approximate surface area is 103 Å². The second-order valence-electron chi connectivity index (χ2n) is 4.07. The Kier molecular flexibility index (Phi) is 5.10. The van der Waals surface area contributed by atoms with E-state index in [1.54, 1.807) is 0 Å². The number of rotatable bonds is 5. The molecule has 0 radical (unpaired) electrons. The molecule has 0 atom stereocenters. The highest BCUT2D eigenvalue weighted by molar-refractivity contribution is 7.88. The normalized spacial score (nSPS) is 19.8. The lowest BCUT2D eigenvalue weighted by atomic mass is 10.2. The fourth-order valence-electron chi connectivity index (χ4n) is 1.76. The van der Waals surface area contributed by atoms with Gasteiger partial charge in [0.15, 0.2) is 0 Å². The van der Waals surface area contributed by atoms with Crippen molar-refractivity contribution >= 4 is 27.2 Å². The van der Waals surface area contributed by atoms with Gasteiger partial charge in [-0.15, -0.1) is 0 Å². The summed E-state index contributed by atoms with van der Waals surface area (Å²) in [6.07, 6.45) is 2.98. The van der Waals surface area contributed by atoms with Crippen LogP contribution in [-0.2, 0) is 10.0 Å². The van der Waals surface area contributed by atoms with Crippen molar-refractivity contribution in [1.82, 2.24) is 9.21 Å². The molecule has 0 aromatic carbocycles. The Balaban J connectivity index is 2.25. The van der Waals surface area contributed by atoms with Crippen LogP contribution in [0.3, 0.4) is 0 Å². The standard InChI is InChI=1S/C9H19N3O2S2/c1-16(13,14)12-7-5-11(6-8-12)4-2-3-9(10)15/h2-8H2,1H3,(H2,10,15). The molecule has 0 saturated carbocycles. The molecule has 0 amide bonds. The SMILES string of the molecule is CS(=O)(=O)N1CCN(CCCC(N)=S)CC1. The summed E-state index contributed by atoms with van der Waals surface area (Å²) >= 11 is 4.80. The average Bonchev–Trinajstić information content (AvgIpc) is 2.16. The summed E-state index contributed by atoms with van der Waals surface area (Å²) in [4.78, 5) is 2.80. The van der Waals surface area contributed by atoms with E-state index in [-0.39, 0.29) is 0 Å². The van der Waals surface area contributed by atoms with Crippen LogP contribution in [0, 0.1) is 0 Å². The van der Waals surface area contributed by atoms with Crippen LogP contribution >= 0.6 is 12.2 Å². The molecule has 1 saturated heterocycles. The van der Waals surface area contributed by atoms with Gasteiger partial charge < -0.3 is 10.6 Å². The zero-order valence-electron chi connectivity index (χ0n) is 9.55. The molecule has 0 aromatic heterocycles. The molecular weight excluding hydrogens is 246 g/mol. The monoisotopic (exact) mass is 265 g/mol. The predicted octanol–water partition coefficient (Wildman–Crippen LogP) is -0.370. The van der Waals surface area contributed by atoms with Crippen molar-refractivity contribution in [3.8, 4) is 0 Å². The Morgan fingerprint density at radius 2 is 1.88 bits per heavy atom. The number of nitrogens with zero attached hydrogens (tertiary/aromatic N) is 2. The van der Waals surface area contributed by atoms with Crippen molar-refractivity contribution in [3.05, 3.63) is 0 Å². The van der Waals surface area contributed by atoms with Crippen molar-refractivity contribution in [1.29, 1.82) is 0 Å². The molecule has 1 fully saturated rings. The average molecular weight is 265 g/mol. The van der Waals surface area contributed by atoms with Gasteiger partial charge >= 0.3 is 0 Å². The summed E-state index contributed by atoms with van der Waals surface area (Å²) in [6.45, 7) is 3.71. The molecular formula is C9H19N3O2S2. The summed E-state index contributed by atoms with van der Waals surface area (Å²) in [5.74, 6) is 0. The maximum Gasteiger partial charge on any atom is 0.211 e. The second-order valence-corrected chi connectivity index (χ2v) is 6.58. The number of piperazine rings is 1. The van der Waals surface area contributed by atoms with Crippen LogP contribution in [0.15, 0.2) is 0 Å². The maximum absolute atomic E-state index is 11.3. The first-order valence-electron chi connectivity index (χ1n) is 5.35. The Morgan fingerprint density at radius 1 is 1.31 bits per heavy atom. The number of thiocarbonyl (C=S) groups is 1. The molecule has 16 heavy (non-hydrogen) atoms. The lowest BCUT2D eigenvalue weighted by Crippen LogP contribution is -2.48. The molecule has 0 spiro atoms. The van der Waals surface area contributed by atoms with Gasteiger partial charge in [0.05, 0.1) is 11.2 Å². The van der Waals surface area contributed by atoms with E-state index in [9.17, 15) is 8.42 Å². The zero-order chi connectivity index (χ0) is 12.2. The van der Waals surface area contributed by atoms with E-state index in [4.69, 9.17) is 18.0 Å². The van der Waals surface area contributed by atoms with Gasteiger partial charge in [0.2, 0.25) is 10.0 Å². The van der Waals surface area contributed by atoms with Crippen LogP contribution in [0.25, 0.3) is 0 Å². The Bertz CT molecular complexity index is 335. The van der Waals surface area contributed by atoms with Crippen LogP contribution in [0.1, 0.15) is 12.8 Å². The van der Waals surface area contributed by atoms with Crippen molar-refractivity contribution < 1.29 is 8.42 Å². The van der Waals surface area contributed by atoms with Crippen LogP contribution in [0.2, 0.25) is 0 Å². The molecule has 94 valence electrons. The molecule has 1 aliphatic rings. The molecule has 1 aliphatic heterocycles. The van der Waals surface area contributed by atoms with Gasteiger partial charge in [-0.05, 0) is 19.4 Å². The fraction of sp³-hybridized carbons (Fsp3) is 0.889. The minimum Gasteiger partial charge on any atom is -0.393 e. The minimum absolute atomic E-state index is 0.551. The van der Waals surface area contributed by atoms with Crippen LogP contribution < -0.4 is 5.73 Å². The first-order valence-corrected chi connectivity index (χ1v) is 7.61. The summed E-state index contributed by atoms with van der Waals surface area (Å²) in [5, 5.41) is 0. The molecule has 7 heteroatoms. The fourth-order valence-corrected chi connectivity index (χ4v) is 2.73. The van der Waals surface area contributed by atoms with E-state index < -0.39 is 10.0 Å². The van der Waals surface area contributed by atoms with E-state index in [1.807, 2.05) is 0 Å². The zero-order valence-corrected chi connectivity index (χ0v) is 11.2. The van der Waals surface area contributed by atoms with Crippen LogP contribution in [0.4, 0.5) is 0 Å². The van der Waals surface area contributed by atoms with E-state index >= 15 is 0 Å². The van der Waals surface area contributed by atoms with Crippen molar-refractivity contribution in [2.75, 3.05) is 39.0 Å². The molecule has 1 heterocycles. The first-order chi connectivity index (χ1) is 7.39. The summed E-state index contributed by atoms with van der Waals surface area (Å²) < 4.78 is 24.1. The van der Waals surface area contributed by atoms with Crippen molar-refractivity contribution in [2.45, 2.75) is 12.8 Å². The highest BCUT2D eigenvalue weighted by Crippen LogP contribution is 2.06. The largest absolute Gasteiger partial charge is 0.393 e. The molecule has 0 aromatic rings. The first kappa shape index (κ1) is 13.8. The molecule has 5 nitrogen and oxygen atoms in total. The van der Waals surface area contributed by atoms with Crippen LogP contribution in [-0.4, -0.2) is 61.6 Å². The molecule has 0 aliphatic carbocycles. The Hall–Kier alpha value is -0.240. The van der Waals surface area contributed by atoms with Gasteiger partial charge in [0.25, 0.3) is 0 Å². The van der Waals surface area contributed by atoms with Crippen molar-refractivity contribution in [2.24, 2.45) is 5.73 Å². The van der Waals surface area contributed by atoms with Crippen molar-refractivity contribution in [3.63, 3.8) is 0 Å². The van der Waals surface area contributed by atoms with Crippen LogP contribution in [0.5, 0.6) is 0 Å². The third-order valence-corrected chi connectivity index (χ3v) is 4.21. The smallest absolute Gasteiger partial charge is 0.211 e. The Morgan fingerprint density at radius 3 is 2.31 bits per heavy atom. The highest BCUT2D eigenvalue weighted by Gasteiger charge is 2.22. The molecule has 0 bridgehead atoms. The summed E-state index contributed by atoms with van der Waals surface area (Å²) in [5.41, 5.74) is 5.41. The second kappa shape index (κ2) is 5.90. The number of nitrogens with two attached hydrogens (primary N) is 1. The summed E-state index contributed by atoms with van der Waals surface area (Å²) in [6, 6.07) is 0. The van der Waals surface area contributed by atoms with Gasteiger partial charge in [-0.25, -0.2) is 8.42 Å². The molecule has 1 rings (SSSR count). The maximum atomic E-state index is 11.3. The lowest BCUT2D eigenvalue weighted by molar-refractivity contribution is 0.188. The van der Waals surface area contributed by atoms with E-state index in [0.717, 1.165) is 32.5 Å². The van der Waals surface area contributed by atoms with Gasteiger partial charge in [-0.3, -0.25) is 0 Å². The van der Waals surface area contributed by atoms with Gasteiger partial charge in [0.1, 0.15) is 0 Å². The number of hydrogen-bond acceptors (Lipinski definition) is 4. The number of sulfonamides is 1. The highest BCUT2D eigenvalue weighted by atomic mass is 32.2. The number of hydrogen-bond donors (Lipinski definition) is 1. The predicted molar refractivity (Wildman–Crippen MR) is 68.9 cm³/mol. The third-order valence-electron chi connectivity index (χ3n) is 2.70. The quantitative estimate of drug-likeness (QED) is 0.687. The topological polar surface area (TPSA) is 66.6 Å². The van der Waals surface area contributed by atoms with E-state index in [1.165, 1.54) is 10.6 Å². The molecule has 2 N–H and O–H groups in total. The summed E-state index contributed by atoms with van der Waals surface area (Å²) in [7, 11) is -3.02.